The lowest BCUT2D eigenvalue weighted by Crippen LogP contribution is -2.00. The van der Waals surface area contributed by atoms with Crippen molar-refractivity contribution < 1.29 is 4.74 Å². The Morgan fingerprint density at radius 2 is 2.00 bits per heavy atom. The molecule has 0 aliphatic heterocycles. The van der Waals surface area contributed by atoms with Gasteiger partial charge < -0.3 is 10.1 Å². The lowest BCUT2D eigenvalue weighted by molar-refractivity contribution is 0.417. The second-order valence-electron chi connectivity index (χ2n) is 6.21. The molecule has 0 aliphatic carbocycles. The highest BCUT2D eigenvalue weighted by atomic mass is 32.1. The second kappa shape index (κ2) is 7.77. The molecule has 0 fully saturated rings. The van der Waals surface area contributed by atoms with Gasteiger partial charge in [0.15, 0.2) is 11.5 Å². The van der Waals surface area contributed by atoms with Crippen LogP contribution in [0, 0.1) is 6.92 Å². The summed E-state index contributed by atoms with van der Waals surface area (Å²) in [4.78, 5) is 4.58. The van der Waals surface area contributed by atoms with Crippen LogP contribution in [-0.2, 0) is 6.42 Å². The van der Waals surface area contributed by atoms with Crippen molar-refractivity contribution in [3.05, 3.63) is 59.8 Å². The van der Waals surface area contributed by atoms with E-state index in [0.717, 1.165) is 29.2 Å². The third-order valence-electron chi connectivity index (χ3n) is 4.44. The molecule has 4 aromatic rings. The van der Waals surface area contributed by atoms with Crippen molar-refractivity contribution in [1.29, 1.82) is 0 Å². The van der Waals surface area contributed by atoms with Crippen LogP contribution in [0.25, 0.3) is 17.2 Å². The number of benzene rings is 2. The first-order chi connectivity index (χ1) is 13.7. The summed E-state index contributed by atoms with van der Waals surface area (Å²) in [5.74, 6) is 1.30. The van der Waals surface area contributed by atoms with Crippen LogP contribution in [0.3, 0.4) is 0 Å². The summed E-state index contributed by atoms with van der Waals surface area (Å²) in [5, 5.41) is 12.5. The third-order valence-corrected chi connectivity index (χ3v) is 5.07. The maximum Gasteiger partial charge on any atom is 0.207 e. The van der Waals surface area contributed by atoms with Crippen molar-refractivity contribution in [2.75, 3.05) is 12.4 Å². The van der Waals surface area contributed by atoms with Gasteiger partial charge in [-0.25, -0.2) is 4.68 Å². The van der Waals surface area contributed by atoms with Crippen LogP contribution in [0.5, 0.6) is 5.75 Å². The third kappa shape index (κ3) is 3.46. The van der Waals surface area contributed by atoms with Gasteiger partial charge in [-0.05, 0) is 43.2 Å². The fraction of sp³-hybridized carbons (Fsp3) is 0.200. The van der Waals surface area contributed by atoms with Crippen molar-refractivity contribution in [3.63, 3.8) is 0 Å². The van der Waals surface area contributed by atoms with E-state index >= 15 is 0 Å². The highest BCUT2D eigenvalue weighted by Crippen LogP contribution is 2.30. The zero-order valence-electron chi connectivity index (χ0n) is 15.9. The Kier molecular flexibility index (Phi) is 5.03. The van der Waals surface area contributed by atoms with Gasteiger partial charge in [0, 0.05) is 11.5 Å². The number of aromatic nitrogens is 5. The van der Waals surface area contributed by atoms with E-state index in [0.29, 0.717) is 16.6 Å². The zero-order valence-corrected chi connectivity index (χ0v) is 16.7. The molecular formula is C20H20N6OS. The van der Waals surface area contributed by atoms with Gasteiger partial charge >= 0.3 is 0 Å². The maximum absolute atomic E-state index is 5.37. The van der Waals surface area contributed by atoms with Crippen molar-refractivity contribution in [3.8, 4) is 23.0 Å². The molecular weight excluding hydrogens is 372 g/mol. The summed E-state index contributed by atoms with van der Waals surface area (Å²) in [6, 6.07) is 16.0. The molecule has 0 saturated carbocycles. The minimum Gasteiger partial charge on any atom is -0.495 e. The monoisotopic (exact) mass is 392 g/mol. The van der Waals surface area contributed by atoms with Crippen LogP contribution in [0.4, 0.5) is 10.8 Å². The number of rotatable bonds is 6. The van der Waals surface area contributed by atoms with Gasteiger partial charge in [0.25, 0.3) is 0 Å². The average Bonchev–Trinajstić information content (AvgIpc) is 3.34. The molecule has 1 N–H and O–H groups in total. The SMILES string of the molecule is CCc1cccc(-n2nnc(-c3nsc(Nc4ccccc4OC)n3)c2C)c1. The van der Waals surface area contributed by atoms with E-state index in [1.165, 1.54) is 17.1 Å². The fourth-order valence-corrected chi connectivity index (χ4v) is 3.51. The average molecular weight is 392 g/mol. The van der Waals surface area contributed by atoms with Crippen LogP contribution < -0.4 is 10.1 Å². The summed E-state index contributed by atoms with van der Waals surface area (Å²) in [6.07, 6.45) is 0.972. The molecule has 0 atom stereocenters. The molecule has 0 amide bonds. The molecule has 2 aromatic carbocycles. The largest absolute Gasteiger partial charge is 0.495 e. The minimum absolute atomic E-state index is 0.554. The number of para-hydroxylation sites is 2. The zero-order chi connectivity index (χ0) is 19.5. The predicted molar refractivity (Wildman–Crippen MR) is 111 cm³/mol. The molecule has 2 aromatic heterocycles. The summed E-state index contributed by atoms with van der Waals surface area (Å²) in [6.45, 7) is 4.11. The normalized spacial score (nSPS) is 10.8. The lowest BCUT2D eigenvalue weighted by atomic mass is 10.1. The molecule has 0 radical (unpaired) electrons. The number of ether oxygens (including phenoxy) is 1. The Balaban J connectivity index is 1.62. The number of hydrogen-bond acceptors (Lipinski definition) is 7. The number of methoxy groups -OCH3 is 1. The van der Waals surface area contributed by atoms with E-state index in [1.54, 1.807) is 7.11 Å². The van der Waals surface area contributed by atoms with E-state index in [2.05, 4.69) is 44.0 Å². The van der Waals surface area contributed by atoms with Gasteiger partial charge in [-0.2, -0.15) is 9.36 Å². The van der Waals surface area contributed by atoms with Gasteiger partial charge in [-0.1, -0.05) is 36.4 Å². The van der Waals surface area contributed by atoms with Crippen LogP contribution in [-0.4, -0.2) is 31.5 Å². The highest BCUT2D eigenvalue weighted by Gasteiger charge is 2.17. The smallest absolute Gasteiger partial charge is 0.207 e. The van der Waals surface area contributed by atoms with Gasteiger partial charge in [0.2, 0.25) is 5.13 Å². The van der Waals surface area contributed by atoms with Gasteiger partial charge in [0.1, 0.15) is 5.75 Å². The fourth-order valence-electron chi connectivity index (χ4n) is 2.92. The highest BCUT2D eigenvalue weighted by molar-refractivity contribution is 7.09. The predicted octanol–water partition coefficient (Wildman–Crippen LogP) is 4.41. The molecule has 0 bridgehead atoms. The van der Waals surface area contributed by atoms with Gasteiger partial charge in [-0.15, -0.1) is 5.10 Å². The molecule has 2 heterocycles. The Morgan fingerprint density at radius 1 is 1.14 bits per heavy atom. The maximum atomic E-state index is 5.37. The first-order valence-corrected chi connectivity index (χ1v) is 9.72. The standard InChI is InChI=1S/C20H20N6OS/c1-4-14-8-7-9-15(12-14)26-13(2)18(23-25-26)19-22-20(28-24-19)21-16-10-5-6-11-17(16)27-3/h5-12H,4H2,1-3H3,(H,21,22,24). The van der Waals surface area contributed by atoms with Crippen LogP contribution in [0.15, 0.2) is 48.5 Å². The number of hydrogen-bond donors (Lipinski definition) is 1. The van der Waals surface area contributed by atoms with E-state index < -0.39 is 0 Å². The molecule has 0 unspecified atom stereocenters. The molecule has 0 saturated heterocycles. The summed E-state index contributed by atoms with van der Waals surface area (Å²) in [5.41, 5.74) is 4.65. The Hall–Kier alpha value is -3.26. The van der Waals surface area contributed by atoms with Crippen molar-refractivity contribution in [2.45, 2.75) is 20.3 Å². The van der Waals surface area contributed by atoms with Crippen molar-refractivity contribution in [2.24, 2.45) is 0 Å². The van der Waals surface area contributed by atoms with E-state index in [9.17, 15) is 0 Å². The van der Waals surface area contributed by atoms with Crippen LogP contribution >= 0.6 is 11.5 Å². The lowest BCUT2D eigenvalue weighted by Gasteiger charge is -2.07. The Morgan fingerprint density at radius 3 is 2.82 bits per heavy atom. The molecule has 4 rings (SSSR count). The summed E-state index contributed by atoms with van der Waals surface area (Å²) < 4.78 is 11.6. The number of anilines is 2. The Labute approximate surface area is 167 Å². The molecule has 142 valence electrons. The summed E-state index contributed by atoms with van der Waals surface area (Å²) in [7, 11) is 1.64. The summed E-state index contributed by atoms with van der Waals surface area (Å²) >= 11 is 1.27. The first kappa shape index (κ1) is 18.1. The molecule has 7 nitrogen and oxygen atoms in total. The van der Waals surface area contributed by atoms with Crippen molar-refractivity contribution in [1.82, 2.24) is 24.4 Å². The molecule has 28 heavy (non-hydrogen) atoms. The number of aryl methyl sites for hydroxylation is 1. The molecule has 0 aliphatic rings. The van der Waals surface area contributed by atoms with E-state index in [4.69, 9.17) is 4.74 Å². The molecule has 0 spiro atoms. The Bertz CT molecular complexity index is 1100. The van der Waals surface area contributed by atoms with E-state index in [-0.39, 0.29) is 0 Å². The second-order valence-corrected chi connectivity index (χ2v) is 6.96. The van der Waals surface area contributed by atoms with Gasteiger partial charge in [0.05, 0.1) is 24.2 Å². The number of nitrogens with one attached hydrogen (secondary N) is 1. The van der Waals surface area contributed by atoms with Gasteiger partial charge in [-0.3, -0.25) is 0 Å². The first-order valence-electron chi connectivity index (χ1n) is 8.95. The van der Waals surface area contributed by atoms with E-state index in [1.807, 2.05) is 48.0 Å². The topological polar surface area (TPSA) is 77.8 Å². The number of nitrogens with zero attached hydrogens (tertiary/aromatic N) is 5. The van der Waals surface area contributed by atoms with Crippen LogP contribution in [0.1, 0.15) is 18.2 Å². The quantitative estimate of drug-likeness (QED) is 0.524. The van der Waals surface area contributed by atoms with Crippen LogP contribution in [0.2, 0.25) is 0 Å². The molecule has 8 heteroatoms. The van der Waals surface area contributed by atoms with Crippen molar-refractivity contribution >= 4 is 22.4 Å². The minimum atomic E-state index is 0.554.